The predicted octanol–water partition coefficient (Wildman–Crippen LogP) is 1.48. The topological polar surface area (TPSA) is 74.0 Å². The lowest BCUT2D eigenvalue weighted by Gasteiger charge is -2.07. The molecule has 0 aliphatic carbocycles. The maximum absolute atomic E-state index is 5.95. The van der Waals surface area contributed by atoms with Gasteiger partial charge in [-0.1, -0.05) is 0 Å². The van der Waals surface area contributed by atoms with E-state index in [1.54, 1.807) is 16.0 Å². The zero-order valence-electron chi connectivity index (χ0n) is 11.2. The second-order valence-electron chi connectivity index (χ2n) is 4.74. The summed E-state index contributed by atoms with van der Waals surface area (Å²) in [6, 6.07) is 0.0727. The van der Waals surface area contributed by atoms with E-state index < -0.39 is 0 Å². The largest absolute Gasteiger partial charge is 0.328 e. The number of aromatic nitrogens is 5. The number of imidazole rings is 1. The molecule has 100 valence electrons. The lowest BCUT2D eigenvalue weighted by molar-refractivity contribution is 0.701. The monoisotopic (exact) mass is 276 g/mol. The fourth-order valence-electron chi connectivity index (χ4n) is 2.21. The Labute approximate surface area is 114 Å². The van der Waals surface area contributed by atoms with E-state index in [9.17, 15) is 0 Å². The molecule has 1 atom stereocenters. The Morgan fingerprint density at radius 2 is 2.16 bits per heavy atom. The number of hydrogen-bond acceptors (Lipinski definition) is 5. The molecule has 6 nitrogen and oxygen atoms in total. The molecule has 0 bridgehead atoms. The van der Waals surface area contributed by atoms with Crippen LogP contribution in [0.4, 0.5) is 0 Å². The standard InChI is InChI=1S/C12H16N6S/c1-7(13)6-10-11(15-12-17(10)4-5-19-12)18-9(3)14-8(2)16-18/h4-5,7H,6,13H2,1-3H3. The number of fused-ring (bicyclic) bond motifs is 1. The second-order valence-corrected chi connectivity index (χ2v) is 5.61. The van der Waals surface area contributed by atoms with E-state index >= 15 is 0 Å². The number of thiazole rings is 1. The average molecular weight is 276 g/mol. The van der Waals surface area contributed by atoms with Gasteiger partial charge in [0.05, 0.1) is 5.69 Å². The van der Waals surface area contributed by atoms with E-state index in [1.807, 2.05) is 32.3 Å². The highest BCUT2D eigenvalue weighted by atomic mass is 32.1. The van der Waals surface area contributed by atoms with Crippen LogP contribution in [-0.2, 0) is 6.42 Å². The van der Waals surface area contributed by atoms with Gasteiger partial charge in [0, 0.05) is 24.0 Å². The lowest BCUT2D eigenvalue weighted by atomic mass is 10.2. The van der Waals surface area contributed by atoms with Crippen molar-refractivity contribution in [1.29, 1.82) is 0 Å². The number of nitrogens with zero attached hydrogens (tertiary/aromatic N) is 5. The van der Waals surface area contributed by atoms with Gasteiger partial charge in [0.2, 0.25) is 0 Å². The molecule has 0 saturated heterocycles. The zero-order chi connectivity index (χ0) is 13.6. The quantitative estimate of drug-likeness (QED) is 0.786. The van der Waals surface area contributed by atoms with E-state index in [4.69, 9.17) is 5.73 Å². The molecule has 1 unspecified atom stereocenters. The molecule has 0 fully saturated rings. The maximum atomic E-state index is 5.95. The van der Waals surface area contributed by atoms with E-state index in [-0.39, 0.29) is 6.04 Å². The summed E-state index contributed by atoms with van der Waals surface area (Å²) in [6.07, 6.45) is 2.78. The highest BCUT2D eigenvalue weighted by Gasteiger charge is 2.18. The summed E-state index contributed by atoms with van der Waals surface area (Å²) >= 11 is 1.61. The van der Waals surface area contributed by atoms with Crippen LogP contribution in [0.25, 0.3) is 10.8 Å². The highest BCUT2D eigenvalue weighted by Crippen LogP contribution is 2.22. The second kappa shape index (κ2) is 4.43. The smallest absolute Gasteiger partial charge is 0.195 e. The minimum atomic E-state index is 0.0727. The number of aryl methyl sites for hydroxylation is 2. The van der Waals surface area contributed by atoms with Crippen molar-refractivity contribution in [2.75, 3.05) is 0 Å². The third kappa shape index (κ3) is 2.04. The van der Waals surface area contributed by atoms with Crippen LogP contribution in [0.1, 0.15) is 24.3 Å². The van der Waals surface area contributed by atoms with Gasteiger partial charge in [-0.05, 0) is 20.8 Å². The molecule has 0 aliphatic rings. The first-order chi connectivity index (χ1) is 9.06. The molecule has 3 aromatic heterocycles. The van der Waals surface area contributed by atoms with Crippen LogP contribution < -0.4 is 5.73 Å². The fraction of sp³-hybridized carbons (Fsp3) is 0.417. The van der Waals surface area contributed by atoms with Gasteiger partial charge in [-0.25, -0.2) is 4.98 Å². The summed E-state index contributed by atoms with van der Waals surface area (Å²) in [5, 5.41) is 6.44. The Morgan fingerprint density at radius 3 is 2.79 bits per heavy atom. The van der Waals surface area contributed by atoms with Gasteiger partial charge in [-0.15, -0.1) is 16.4 Å². The van der Waals surface area contributed by atoms with Crippen molar-refractivity contribution in [1.82, 2.24) is 24.1 Å². The summed E-state index contributed by atoms with van der Waals surface area (Å²) in [7, 11) is 0. The first-order valence-electron chi connectivity index (χ1n) is 6.17. The first-order valence-corrected chi connectivity index (χ1v) is 7.05. The van der Waals surface area contributed by atoms with Crippen LogP contribution in [0.3, 0.4) is 0 Å². The van der Waals surface area contributed by atoms with Crippen LogP contribution >= 0.6 is 11.3 Å². The van der Waals surface area contributed by atoms with Gasteiger partial charge in [-0.3, -0.25) is 4.40 Å². The van der Waals surface area contributed by atoms with E-state index in [0.29, 0.717) is 0 Å². The van der Waals surface area contributed by atoms with Crippen molar-refractivity contribution < 1.29 is 0 Å². The van der Waals surface area contributed by atoms with E-state index in [1.165, 1.54) is 0 Å². The van der Waals surface area contributed by atoms with Gasteiger partial charge in [0.25, 0.3) is 0 Å². The zero-order valence-corrected chi connectivity index (χ0v) is 12.0. The van der Waals surface area contributed by atoms with Crippen molar-refractivity contribution in [3.63, 3.8) is 0 Å². The Kier molecular flexibility index (Phi) is 2.87. The number of rotatable bonds is 3. The van der Waals surface area contributed by atoms with Crippen LogP contribution in [0.15, 0.2) is 11.6 Å². The molecule has 7 heteroatoms. The fourth-order valence-corrected chi connectivity index (χ4v) is 2.94. The van der Waals surface area contributed by atoms with Crippen LogP contribution in [-0.4, -0.2) is 30.2 Å². The first kappa shape index (κ1) is 12.3. The normalized spacial score (nSPS) is 13.3. The molecular formula is C12H16N6S. The molecule has 0 aromatic carbocycles. The maximum Gasteiger partial charge on any atom is 0.195 e. The molecule has 2 N–H and O–H groups in total. The predicted molar refractivity (Wildman–Crippen MR) is 74.8 cm³/mol. The Balaban J connectivity index is 2.22. The molecule has 0 saturated carbocycles. The molecule has 0 radical (unpaired) electrons. The summed E-state index contributed by atoms with van der Waals surface area (Å²) in [5.41, 5.74) is 7.03. The summed E-state index contributed by atoms with van der Waals surface area (Å²) in [6.45, 7) is 5.81. The Morgan fingerprint density at radius 1 is 1.37 bits per heavy atom. The number of hydrogen-bond donors (Lipinski definition) is 1. The molecule has 19 heavy (non-hydrogen) atoms. The van der Waals surface area contributed by atoms with Crippen molar-refractivity contribution in [2.24, 2.45) is 5.73 Å². The van der Waals surface area contributed by atoms with Crippen molar-refractivity contribution >= 4 is 16.3 Å². The summed E-state index contributed by atoms with van der Waals surface area (Å²) < 4.78 is 3.88. The third-order valence-corrected chi connectivity index (χ3v) is 3.69. The summed E-state index contributed by atoms with van der Waals surface area (Å²) in [5.74, 6) is 2.43. The lowest BCUT2D eigenvalue weighted by Crippen LogP contribution is -2.20. The third-order valence-electron chi connectivity index (χ3n) is 2.93. The summed E-state index contributed by atoms with van der Waals surface area (Å²) in [4.78, 5) is 9.95. The minimum Gasteiger partial charge on any atom is -0.328 e. The minimum absolute atomic E-state index is 0.0727. The van der Waals surface area contributed by atoms with E-state index in [0.717, 1.165) is 34.5 Å². The Bertz CT molecular complexity index is 720. The molecular weight excluding hydrogens is 260 g/mol. The van der Waals surface area contributed by atoms with Gasteiger partial charge in [-0.2, -0.15) is 9.67 Å². The molecule has 0 amide bonds. The highest BCUT2D eigenvalue weighted by molar-refractivity contribution is 7.15. The van der Waals surface area contributed by atoms with Crippen LogP contribution in [0.5, 0.6) is 0 Å². The van der Waals surface area contributed by atoms with Gasteiger partial charge in [0.1, 0.15) is 11.6 Å². The van der Waals surface area contributed by atoms with Crippen molar-refractivity contribution in [3.05, 3.63) is 28.9 Å². The molecule has 3 rings (SSSR count). The van der Waals surface area contributed by atoms with Gasteiger partial charge >= 0.3 is 0 Å². The SMILES string of the molecule is Cc1nc(C)n(-c2nc3sccn3c2CC(C)N)n1. The van der Waals surface area contributed by atoms with Crippen LogP contribution in [0, 0.1) is 13.8 Å². The molecule has 3 aromatic rings. The van der Waals surface area contributed by atoms with Gasteiger partial charge < -0.3 is 5.73 Å². The number of nitrogens with two attached hydrogens (primary N) is 1. The molecule has 0 spiro atoms. The van der Waals surface area contributed by atoms with Crippen molar-refractivity contribution in [3.8, 4) is 5.82 Å². The van der Waals surface area contributed by atoms with E-state index in [2.05, 4.69) is 19.5 Å². The average Bonchev–Trinajstić information content (AvgIpc) is 2.95. The van der Waals surface area contributed by atoms with Gasteiger partial charge in [0.15, 0.2) is 10.8 Å². The molecule has 0 aliphatic heterocycles. The van der Waals surface area contributed by atoms with Crippen LogP contribution in [0.2, 0.25) is 0 Å². The Hall–Kier alpha value is -1.73. The van der Waals surface area contributed by atoms with Crippen molar-refractivity contribution in [2.45, 2.75) is 33.2 Å². The molecule has 3 heterocycles.